The largest absolute Gasteiger partial charge is 0.491 e. The van der Waals surface area contributed by atoms with Crippen LogP contribution in [0.25, 0.3) is 27.7 Å². The maximum atomic E-state index is 15.4. The third-order valence-electron chi connectivity index (χ3n) is 9.73. The fourth-order valence-corrected chi connectivity index (χ4v) is 7.13. The molecule has 5 heterocycles. The van der Waals surface area contributed by atoms with Gasteiger partial charge < -0.3 is 24.6 Å². The number of carbonyl (C=O) groups excluding carboxylic acids is 1. The number of hydrogen-bond donors (Lipinski definition) is 2. The van der Waals surface area contributed by atoms with E-state index in [4.69, 9.17) is 4.74 Å². The van der Waals surface area contributed by atoms with E-state index in [2.05, 4.69) is 39.0 Å². The van der Waals surface area contributed by atoms with E-state index in [-0.39, 0.29) is 25.3 Å². The van der Waals surface area contributed by atoms with E-state index in [1.165, 1.54) is 11.6 Å². The Kier molecular flexibility index (Phi) is 6.77. The second kappa shape index (κ2) is 10.8. The molecule has 8 rings (SSSR count). The van der Waals surface area contributed by atoms with Gasteiger partial charge in [0.1, 0.15) is 29.4 Å². The number of pyridine rings is 1. The first-order chi connectivity index (χ1) is 21.5. The molecule has 4 aliphatic rings. The number of nitrogens with one attached hydrogen (secondary N) is 1. The summed E-state index contributed by atoms with van der Waals surface area (Å²) in [4.78, 5) is 28.5. The highest BCUT2D eigenvalue weighted by Crippen LogP contribution is 2.44. The van der Waals surface area contributed by atoms with Gasteiger partial charge in [-0.3, -0.25) is 9.69 Å². The minimum absolute atomic E-state index is 0.0496. The smallest absolute Gasteiger partial charge is 0.265 e. The average Bonchev–Trinajstić information content (AvgIpc) is 3.81. The summed E-state index contributed by atoms with van der Waals surface area (Å²) >= 11 is 0. The van der Waals surface area contributed by atoms with Gasteiger partial charge in [0.15, 0.2) is 0 Å². The van der Waals surface area contributed by atoms with E-state index in [1.807, 2.05) is 30.3 Å². The lowest BCUT2D eigenvalue weighted by atomic mass is 9.95. The number of H-pyrrole nitrogens is 1. The number of likely N-dealkylation sites (N-methyl/N-ethyl adjacent to an activating group) is 1. The highest BCUT2D eigenvalue weighted by atomic mass is 19.1. The number of nitrogens with zero attached hydrogens (tertiary/aromatic N) is 4. The number of aromatic nitrogens is 2. The van der Waals surface area contributed by atoms with Crippen molar-refractivity contribution in [3.8, 4) is 16.9 Å². The van der Waals surface area contributed by atoms with Crippen molar-refractivity contribution >= 4 is 28.2 Å². The van der Waals surface area contributed by atoms with Crippen molar-refractivity contribution in [3.63, 3.8) is 0 Å². The number of anilines is 1. The summed E-state index contributed by atoms with van der Waals surface area (Å²) in [5.41, 5.74) is 6.84. The molecule has 2 aromatic heterocycles. The Bertz CT molecular complexity index is 1810. The molecule has 2 N–H and O–H groups in total. The molecule has 1 aliphatic carbocycles. The van der Waals surface area contributed by atoms with E-state index >= 15 is 4.39 Å². The van der Waals surface area contributed by atoms with Crippen LogP contribution < -0.4 is 9.64 Å². The number of carbonyl (C=O) groups is 1. The first-order valence-electron chi connectivity index (χ1n) is 15.6. The first-order valence-corrected chi connectivity index (χ1v) is 15.6. The lowest BCUT2D eigenvalue weighted by Gasteiger charge is -2.44. The van der Waals surface area contributed by atoms with Crippen LogP contribution in [-0.2, 0) is 6.61 Å². The zero-order chi connectivity index (χ0) is 29.9. The lowest BCUT2D eigenvalue weighted by molar-refractivity contribution is 0.0599. The van der Waals surface area contributed by atoms with Gasteiger partial charge in [-0.05, 0) is 84.8 Å². The van der Waals surface area contributed by atoms with Gasteiger partial charge >= 0.3 is 0 Å². The lowest BCUT2D eigenvalue weighted by Crippen LogP contribution is -2.58. The second-order valence-corrected chi connectivity index (χ2v) is 12.6. The number of aliphatic hydroxyl groups is 1. The first kappa shape index (κ1) is 27.5. The topological polar surface area (TPSA) is 84.9 Å². The molecular weight excluding hydrogens is 557 g/mol. The average molecular weight is 594 g/mol. The van der Waals surface area contributed by atoms with E-state index in [9.17, 15) is 9.90 Å². The molecule has 0 radical (unpaired) electrons. The highest BCUT2D eigenvalue weighted by molar-refractivity contribution is 6.09. The van der Waals surface area contributed by atoms with Crippen LogP contribution >= 0.6 is 0 Å². The quantitative estimate of drug-likeness (QED) is 0.321. The highest BCUT2D eigenvalue weighted by Gasteiger charge is 2.33. The maximum absolute atomic E-state index is 15.4. The van der Waals surface area contributed by atoms with Crippen molar-refractivity contribution in [2.75, 3.05) is 51.3 Å². The monoisotopic (exact) mass is 593 g/mol. The Morgan fingerprint density at radius 1 is 1.11 bits per heavy atom. The van der Waals surface area contributed by atoms with Crippen LogP contribution in [0, 0.1) is 5.82 Å². The molecule has 1 saturated carbocycles. The summed E-state index contributed by atoms with van der Waals surface area (Å²) < 4.78 is 21.3. The zero-order valence-corrected chi connectivity index (χ0v) is 24.9. The number of halogens is 1. The van der Waals surface area contributed by atoms with Crippen LogP contribution in [0.5, 0.6) is 5.75 Å². The summed E-state index contributed by atoms with van der Waals surface area (Å²) in [5, 5.41) is 11.7. The Labute approximate surface area is 255 Å². The Morgan fingerprint density at radius 2 is 1.98 bits per heavy atom. The molecule has 2 fully saturated rings. The predicted molar refractivity (Wildman–Crippen MR) is 168 cm³/mol. The SMILES string of the molecule is CN1CC(N2CC=C(c3cc4c(-c5cccc(N6CCOc7cc(C8CC8)cc(F)c7C6=O)c5CO)ccnc4[nH]3)CC2)C1. The number of benzene rings is 2. The van der Waals surface area contributed by atoms with Crippen molar-refractivity contribution in [1.82, 2.24) is 19.8 Å². The van der Waals surface area contributed by atoms with Gasteiger partial charge in [-0.25, -0.2) is 9.37 Å². The molecule has 2 aromatic carbocycles. The van der Waals surface area contributed by atoms with Gasteiger partial charge in [0.2, 0.25) is 0 Å². The van der Waals surface area contributed by atoms with Gasteiger partial charge in [0.25, 0.3) is 5.91 Å². The molecule has 0 unspecified atom stereocenters. The third-order valence-corrected chi connectivity index (χ3v) is 9.73. The molecule has 226 valence electrons. The Morgan fingerprint density at radius 3 is 2.73 bits per heavy atom. The van der Waals surface area contributed by atoms with Crippen molar-refractivity contribution in [1.29, 1.82) is 0 Å². The summed E-state index contributed by atoms with van der Waals surface area (Å²) in [6.45, 7) is 4.43. The molecule has 44 heavy (non-hydrogen) atoms. The molecule has 3 aliphatic heterocycles. The van der Waals surface area contributed by atoms with Gasteiger partial charge in [-0.2, -0.15) is 0 Å². The molecule has 0 atom stereocenters. The molecular formula is C35H36FN5O3. The van der Waals surface area contributed by atoms with Crippen LogP contribution in [0.1, 0.15) is 52.4 Å². The Balaban J connectivity index is 1.13. The van der Waals surface area contributed by atoms with Crippen molar-refractivity contribution < 1.29 is 19.0 Å². The van der Waals surface area contributed by atoms with Crippen molar-refractivity contribution in [2.45, 2.75) is 37.8 Å². The summed E-state index contributed by atoms with van der Waals surface area (Å²) in [6, 6.07) is 13.7. The molecule has 0 bridgehead atoms. The minimum Gasteiger partial charge on any atom is -0.491 e. The van der Waals surface area contributed by atoms with Crippen LogP contribution in [0.15, 0.2) is 54.7 Å². The fourth-order valence-electron chi connectivity index (χ4n) is 7.13. The molecule has 9 heteroatoms. The number of likely N-dealkylation sites (tertiary alicyclic amines) is 1. The molecule has 8 nitrogen and oxygen atoms in total. The van der Waals surface area contributed by atoms with Crippen LogP contribution in [0.2, 0.25) is 0 Å². The van der Waals surface area contributed by atoms with Gasteiger partial charge in [-0.1, -0.05) is 18.2 Å². The molecule has 4 aromatic rings. The summed E-state index contributed by atoms with van der Waals surface area (Å²) in [7, 11) is 2.16. The van der Waals surface area contributed by atoms with Crippen LogP contribution in [0.4, 0.5) is 10.1 Å². The summed E-state index contributed by atoms with van der Waals surface area (Å²) in [6.07, 6.45) is 7.13. The number of aromatic amines is 1. The van der Waals surface area contributed by atoms with E-state index < -0.39 is 11.7 Å². The van der Waals surface area contributed by atoms with Crippen LogP contribution in [0.3, 0.4) is 0 Å². The van der Waals surface area contributed by atoms with E-state index in [0.717, 1.165) is 78.9 Å². The number of fused-ring (bicyclic) bond motifs is 2. The third kappa shape index (κ3) is 4.70. The number of rotatable bonds is 6. The van der Waals surface area contributed by atoms with Gasteiger partial charge in [0, 0.05) is 55.1 Å². The zero-order valence-electron chi connectivity index (χ0n) is 24.9. The minimum atomic E-state index is -0.557. The standard InChI is InChI=1S/C35H36FN5O3/c1-39-18-24(19-39)40-11-8-22(9-12-40)30-17-27-26(7-10-37-34(27)38-30)25-3-2-4-31(28(25)20-42)41-13-14-44-32-16-23(21-5-6-21)15-29(36)33(32)35(41)43/h2-4,7-8,10,15-17,21,24,42H,5-6,9,11-14,18-20H2,1H3,(H,37,38). The Hall–Kier alpha value is -4.05. The molecule has 1 amide bonds. The van der Waals surface area contributed by atoms with Gasteiger partial charge in [-0.15, -0.1) is 0 Å². The fraction of sp³-hybridized carbons (Fsp3) is 0.371. The number of hydrogen-bond acceptors (Lipinski definition) is 6. The number of aliphatic hydroxyl groups excluding tert-OH is 1. The maximum Gasteiger partial charge on any atom is 0.265 e. The summed E-state index contributed by atoms with van der Waals surface area (Å²) in [5.74, 6) is -0.369. The van der Waals surface area contributed by atoms with E-state index in [1.54, 1.807) is 11.1 Å². The molecule has 1 saturated heterocycles. The van der Waals surface area contributed by atoms with Gasteiger partial charge in [0.05, 0.1) is 18.8 Å². The normalized spacial score (nSPS) is 19.8. The number of ether oxygens (including phenoxy) is 1. The number of amides is 1. The predicted octanol–water partition coefficient (Wildman–Crippen LogP) is 5.18. The van der Waals surface area contributed by atoms with Crippen LogP contribution in [-0.4, -0.2) is 83.2 Å². The van der Waals surface area contributed by atoms with Crippen molar-refractivity contribution in [2.24, 2.45) is 0 Å². The second-order valence-electron chi connectivity index (χ2n) is 12.6. The molecule has 0 spiro atoms. The van der Waals surface area contributed by atoms with Crippen molar-refractivity contribution in [3.05, 3.63) is 82.9 Å². The van der Waals surface area contributed by atoms with E-state index in [0.29, 0.717) is 29.0 Å².